The van der Waals surface area contributed by atoms with Crippen LogP contribution in [0.3, 0.4) is 0 Å². The fourth-order valence-electron chi connectivity index (χ4n) is 1.88. The molecule has 0 bridgehead atoms. The maximum atomic E-state index is 11.7. The van der Waals surface area contributed by atoms with Crippen molar-refractivity contribution in [1.29, 1.82) is 0 Å². The average molecular weight is 291 g/mol. The van der Waals surface area contributed by atoms with E-state index in [9.17, 15) is 4.79 Å². The number of nitrogens with zero attached hydrogens (tertiary/aromatic N) is 3. The van der Waals surface area contributed by atoms with Crippen LogP contribution in [0.2, 0.25) is 0 Å². The lowest BCUT2D eigenvalue weighted by Crippen LogP contribution is -2.34. The number of likely N-dealkylation sites (N-methyl/N-ethyl adjacent to an activating group) is 2. The van der Waals surface area contributed by atoms with Gasteiger partial charge in [-0.3, -0.25) is 9.78 Å². The fraction of sp³-hybridized carbons (Fsp3) is 0.308. The van der Waals surface area contributed by atoms with E-state index in [1.165, 1.54) is 11.5 Å². The van der Waals surface area contributed by atoms with Crippen LogP contribution in [0.4, 0.5) is 10.8 Å². The molecule has 7 heteroatoms. The molecule has 0 aliphatic heterocycles. The molecule has 0 aliphatic rings. The first-order valence-electron chi connectivity index (χ1n) is 6.26. The first-order valence-corrected chi connectivity index (χ1v) is 7.04. The number of nitrogens with two attached hydrogens (primary N) is 1. The molecular formula is C13H17N5OS. The molecule has 0 spiro atoms. The molecule has 106 valence electrons. The van der Waals surface area contributed by atoms with E-state index in [-0.39, 0.29) is 12.5 Å². The number of hydrogen-bond donors (Lipinski definition) is 2. The van der Waals surface area contributed by atoms with Crippen molar-refractivity contribution in [2.24, 2.45) is 0 Å². The third-order valence-corrected chi connectivity index (χ3v) is 3.75. The Bertz CT molecular complexity index is 584. The summed E-state index contributed by atoms with van der Waals surface area (Å²) >= 11 is 1.29. The zero-order chi connectivity index (χ0) is 14.5. The molecule has 0 fully saturated rings. The molecule has 0 aromatic carbocycles. The second kappa shape index (κ2) is 6.33. The van der Waals surface area contributed by atoms with Gasteiger partial charge in [-0.15, -0.1) is 0 Å². The number of rotatable bonds is 5. The fourth-order valence-corrected chi connectivity index (χ4v) is 2.68. The number of hydrogen-bond acceptors (Lipinski definition) is 6. The number of carbonyl (C=O) groups is 1. The zero-order valence-electron chi connectivity index (χ0n) is 11.5. The summed E-state index contributed by atoms with van der Waals surface area (Å²) in [6.45, 7) is 2.78. The first-order chi connectivity index (χ1) is 9.63. The minimum Gasteiger partial charge on any atom is -0.382 e. The number of anilines is 2. The summed E-state index contributed by atoms with van der Waals surface area (Å²) in [7, 11) is 1.85. The lowest BCUT2D eigenvalue weighted by molar-refractivity contribution is -0.119. The predicted octanol–water partition coefficient (Wildman–Crippen LogP) is 1.36. The van der Waals surface area contributed by atoms with Gasteiger partial charge in [-0.25, -0.2) is 0 Å². The molecule has 20 heavy (non-hydrogen) atoms. The van der Waals surface area contributed by atoms with Gasteiger partial charge in [0.15, 0.2) is 0 Å². The van der Waals surface area contributed by atoms with Crippen LogP contribution in [0.15, 0.2) is 24.5 Å². The minimum absolute atomic E-state index is 0.0253. The van der Waals surface area contributed by atoms with Gasteiger partial charge in [0, 0.05) is 26.0 Å². The van der Waals surface area contributed by atoms with Crippen molar-refractivity contribution in [1.82, 2.24) is 14.7 Å². The minimum atomic E-state index is -0.0253. The van der Waals surface area contributed by atoms with Crippen molar-refractivity contribution in [2.75, 3.05) is 30.8 Å². The van der Waals surface area contributed by atoms with Gasteiger partial charge in [0.05, 0.1) is 12.1 Å². The number of nitrogens with one attached hydrogen (secondary N) is 1. The van der Waals surface area contributed by atoms with E-state index >= 15 is 0 Å². The van der Waals surface area contributed by atoms with Crippen LogP contribution < -0.4 is 16.0 Å². The topological polar surface area (TPSA) is 84.1 Å². The standard InChI is InChI=1S/C13H17N5OS/c1-3-16-10(19)8-18(2)13-11(12(14)17-20-13)9-4-6-15-7-5-9/h4-7H,3,8H2,1-2H3,(H2,14,17)(H,16,19). The van der Waals surface area contributed by atoms with Crippen molar-refractivity contribution in [3.8, 4) is 11.1 Å². The summed E-state index contributed by atoms with van der Waals surface area (Å²) in [6.07, 6.45) is 3.42. The lowest BCUT2D eigenvalue weighted by Gasteiger charge is -2.18. The molecule has 6 nitrogen and oxygen atoms in total. The van der Waals surface area contributed by atoms with E-state index < -0.39 is 0 Å². The number of nitrogen functional groups attached to an aromatic ring is 1. The molecule has 0 radical (unpaired) electrons. The molecule has 2 heterocycles. The van der Waals surface area contributed by atoms with E-state index in [1.54, 1.807) is 12.4 Å². The second-order valence-corrected chi connectivity index (χ2v) is 5.05. The van der Waals surface area contributed by atoms with Crippen LogP contribution >= 0.6 is 11.5 Å². The Kier molecular flexibility index (Phi) is 4.52. The molecule has 0 atom stereocenters. The van der Waals surface area contributed by atoms with Crippen molar-refractivity contribution in [3.05, 3.63) is 24.5 Å². The Morgan fingerprint density at radius 3 is 2.80 bits per heavy atom. The van der Waals surface area contributed by atoms with Crippen LogP contribution in [-0.2, 0) is 4.79 Å². The Labute approximate surface area is 121 Å². The van der Waals surface area contributed by atoms with Gasteiger partial charge in [-0.2, -0.15) is 4.37 Å². The van der Waals surface area contributed by atoms with Gasteiger partial charge in [-0.1, -0.05) is 0 Å². The Morgan fingerprint density at radius 1 is 1.45 bits per heavy atom. The Balaban J connectivity index is 2.27. The highest BCUT2D eigenvalue weighted by Crippen LogP contribution is 2.38. The van der Waals surface area contributed by atoms with Crippen LogP contribution in [0.25, 0.3) is 11.1 Å². The van der Waals surface area contributed by atoms with Crippen LogP contribution in [-0.4, -0.2) is 35.4 Å². The molecule has 2 aromatic heterocycles. The van der Waals surface area contributed by atoms with E-state index in [2.05, 4.69) is 14.7 Å². The maximum Gasteiger partial charge on any atom is 0.239 e. The molecule has 0 aliphatic carbocycles. The number of amides is 1. The lowest BCUT2D eigenvalue weighted by atomic mass is 10.1. The van der Waals surface area contributed by atoms with Gasteiger partial charge in [0.2, 0.25) is 5.91 Å². The van der Waals surface area contributed by atoms with Crippen LogP contribution in [0.5, 0.6) is 0 Å². The van der Waals surface area contributed by atoms with Gasteiger partial charge < -0.3 is 16.0 Å². The summed E-state index contributed by atoms with van der Waals surface area (Å²) in [4.78, 5) is 17.5. The molecular weight excluding hydrogens is 274 g/mol. The highest BCUT2D eigenvalue weighted by atomic mass is 32.1. The molecule has 2 rings (SSSR count). The summed E-state index contributed by atoms with van der Waals surface area (Å²) in [6, 6.07) is 3.76. The van der Waals surface area contributed by atoms with Crippen LogP contribution in [0.1, 0.15) is 6.92 Å². The summed E-state index contributed by atoms with van der Waals surface area (Å²) in [5.41, 5.74) is 7.75. The third-order valence-electron chi connectivity index (χ3n) is 2.77. The highest BCUT2D eigenvalue weighted by molar-refractivity contribution is 7.11. The average Bonchev–Trinajstić information content (AvgIpc) is 2.82. The summed E-state index contributed by atoms with van der Waals surface area (Å²) in [5, 5.41) is 3.65. The molecule has 0 unspecified atom stereocenters. The Morgan fingerprint density at radius 2 is 2.15 bits per heavy atom. The number of carbonyl (C=O) groups excluding carboxylic acids is 1. The third kappa shape index (κ3) is 3.05. The van der Waals surface area contributed by atoms with Gasteiger partial charge in [0.1, 0.15) is 10.8 Å². The molecule has 2 aromatic rings. The highest BCUT2D eigenvalue weighted by Gasteiger charge is 2.18. The SMILES string of the molecule is CCNC(=O)CN(C)c1snc(N)c1-c1ccncc1. The largest absolute Gasteiger partial charge is 0.382 e. The smallest absolute Gasteiger partial charge is 0.239 e. The quantitative estimate of drug-likeness (QED) is 0.869. The van der Waals surface area contributed by atoms with Gasteiger partial charge >= 0.3 is 0 Å². The molecule has 1 amide bonds. The van der Waals surface area contributed by atoms with Crippen molar-refractivity contribution >= 4 is 28.3 Å². The Hall–Kier alpha value is -2.15. The molecule has 3 N–H and O–H groups in total. The first kappa shape index (κ1) is 14.3. The number of pyridine rings is 1. The van der Waals surface area contributed by atoms with E-state index in [4.69, 9.17) is 5.73 Å². The predicted molar refractivity (Wildman–Crippen MR) is 81.7 cm³/mol. The molecule has 0 saturated heterocycles. The summed E-state index contributed by atoms with van der Waals surface area (Å²) in [5.74, 6) is 0.446. The van der Waals surface area contributed by atoms with Crippen molar-refractivity contribution < 1.29 is 4.79 Å². The van der Waals surface area contributed by atoms with Crippen molar-refractivity contribution in [3.63, 3.8) is 0 Å². The number of aromatic nitrogens is 2. The normalized spacial score (nSPS) is 10.3. The van der Waals surface area contributed by atoms with E-state index in [1.807, 2.05) is 31.0 Å². The van der Waals surface area contributed by atoms with Gasteiger partial charge in [-0.05, 0) is 36.2 Å². The van der Waals surface area contributed by atoms with Crippen LogP contribution in [0, 0.1) is 0 Å². The van der Waals surface area contributed by atoms with E-state index in [0.717, 1.165) is 16.1 Å². The summed E-state index contributed by atoms with van der Waals surface area (Å²) < 4.78 is 4.19. The van der Waals surface area contributed by atoms with E-state index in [0.29, 0.717) is 12.4 Å². The van der Waals surface area contributed by atoms with Gasteiger partial charge in [0.25, 0.3) is 0 Å². The second-order valence-electron chi connectivity index (χ2n) is 4.29. The van der Waals surface area contributed by atoms with Crippen molar-refractivity contribution in [2.45, 2.75) is 6.92 Å². The maximum absolute atomic E-state index is 11.7. The zero-order valence-corrected chi connectivity index (χ0v) is 12.3. The monoisotopic (exact) mass is 291 g/mol. The molecule has 0 saturated carbocycles.